The minimum atomic E-state index is -0.534. The Kier molecular flexibility index (Phi) is 4.21. The zero-order chi connectivity index (χ0) is 17.5. The molecule has 3 atom stereocenters. The van der Waals surface area contributed by atoms with E-state index in [4.69, 9.17) is 5.53 Å². The molecule has 0 unspecified atom stereocenters. The van der Waals surface area contributed by atoms with Crippen molar-refractivity contribution in [2.75, 3.05) is 0 Å². The molecule has 3 rings (SSSR count). The van der Waals surface area contributed by atoms with Crippen LogP contribution in [0.5, 0.6) is 0 Å². The van der Waals surface area contributed by atoms with E-state index >= 15 is 0 Å². The van der Waals surface area contributed by atoms with E-state index in [9.17, 15) is 4.79 Å². The van der Waals surface area contributed by atoms with Crippen molar-refractivity contribution in [3.63, 3.8) is 0 Å². The topological polar surface area (TPSA) is 65.8 Å². The summed E-state index contributed by atoms with van der Waals surface area (Å²) < 4.78 is 0. The summed E-state index contributed by atoms with van der Waals surface area (Å²) in [5.41, 5.74) is 12.4. The molecule has 4 nitrogen and oxygen atoms in total. The van der Waals surface area contributed by atoms with Crippen molar-refractivity contribution in [2.24, 2.45) is 16.4 Å². The molecule has 0 radical (unpaired) electrons. The Hall–Kier alpha value is -1.80. The van der Waals surface area contributed by atoms with Crippen molar-refractivity contribution in [3.05, 3.63) is 45.3 Å². The lowest BCUT2D eigenvalue weighted by molar-refractivity contribution is -0.135. The molecule has 2 aliphatic rings. The van der Waals surface area contributed by atoms with E-state index in [1.54, 1.807) is 0 Å². The molecule has 128 valence electrons. The molecule has 1 amide bonds. The van der Waals surface area contributed by atoms with Crippen LogP contribution in [0, 0.1) is 11.3 Å². The molecule has 0 saturated heterocycles. The van der Waals surface area contributed by atoms with E-state index < -0.39 is 5.41 Å². The quantitative estimate of drug-likeness (QED) is 0.393. The zero-order valence-electron chi connectivity index (χ0n) is 15.2. The molecule has 1 fully saturated rings. The van der Waals surface area contributed by atoms with Crippen molar-refractivity contribution >= 4 is 5.91 Å². The number of nitrogens with zero attached hydrogens (tertiary/aromatic N) is 3. The van der Waals surface area contributed by atoms with Gasteiger partial charge in [0.05, 0.1) is 0 Å². The molecule has 0 aromatic heterocycles. The highest BCUT2D eigenvalue weighted by Crippen LogP contribution is 2.57. The van der Waals surface area contributed by atoms with Gasteiger partial charge in [0, 0.05) is 10.3 Å². The molecule has 0 heterocycles. The van der Waals surface area contributed by atoms with Crippen LogP contribution in [0.2, 0.25) is 0 Å². The van der Waals surface area contributed by atoms with Crippen LogP contribution >= 0.6 is 0 Å². The van der Waals surface area contributed by atoms with E-state index in [2.05, 4.69) is 49.0 Å². The number of azide groups is 1. The molecular formula is C20H27N3O. The van der Waals surface area contributed by atoms with E-state index in [-0.39, 0.29) is 17.2 Å². The second-order valence-corrected chi connectivity index (χ2v) is 8.35. The Morgan fingerprint density at radius 3 is 2.75 bits per heavy atom. The Morgan fingerprint density at radius 1 is 1.33 bits per heavy atom. The average molecular weight is 325 g/mol. The number of hydrogen-bond donors (Lipinski definition) is 0. The Labute approximate surface area is 144 Å². The van der Waals surface area contributed by atoms with Gasteiger partial charge in [0.2, 0.25) is 5.91 Å². The summed E-state index contributed by atoms with van der Waals surface area (Å²) in [6.07, 6.45) is 4.93. The smallest absolute Gasteiger partial charge is 0.225 e. The van der Waals surface area contributed by atoms with Gasteiger partial charge in [-0.05, 0) is 70.3 Å². The number of aryl methyl sites for hydroxylation is 1. The van der Waals surface area contributed by atoms with Gasteiger partial charge in [0.1, 0.15) is 0 Å². The van der Waals surface area contributed by atoms with Gasteiger partial charge in [-0.3, -0.25) is 4.79 Å². The number of benzene rings is 1. The number of hydrogen-bond acceptors (Lipinski definition) is 1. The van der Waals surface area contributed by atoms with Crippen molar-refractivity contribution in [1.82, 2.24) is 0 Å². The largest absolute Gasteiger partial charge is 0.292 e. The fraction of sp³-hybridized carbons (Fsp3) is 0.650. The number of rotatable bonds is 2. The van der Waals surface area contributed by atoms with Crippen LogP contribution in [-0.2, 0) is 16.6 Å². The van der Waals surface area contributed by atoms with Crippen molar-refractivity contribution < 1.29 is 4.79 Å². The van der Waals surface area contributed by atoms with E-state index in [1.165, 1.54) is 16.7 Å². The molecule has 1 aromatic carbocycles. The highest BCUT2D eigenvalue weighted by molar-refractivity contribution is 5.84. The molecule has 0 bridgehead atoms. The summed E-state index contributed by atoms with van der Waals surface area (Å²) in [5, 5.41) is 3.48. The van der Waals surface area contributed by atoms with Gasteiger partial charge in [-0.15, -0.1) is 0 Å². The third kappa shape index (κ3) is 2.44. The van der Waals surface area contributed by atoms with Crippen molar-refractivity contribution in [2.45, 2.75) is 71.1 Å². The molecule has 0 spiro atoms. The third-order valence-corrected chi connectivity index (χ3v) is 6.67. The van der Waals surface area contributed by atoms with Gasteiger partial charge in [0.15, 0.2) is 0 Å². The van der Waals surface area contributed by atoms with Gasteiger partial charge in [-0.1, -0.05) is 52.3 Å². The maximum absolute atomic E-state index is 12.6. The van der Waals surface area contributed by atoms with E-state index in [1.807, 2.05) is 6.92 Å². The first-order valence-electron chi connectivity index (χ1n) is 9.06. The highest BCUT2D eigenvalue weighted by Gasteiger charge is 2.54. The number of carbonyl (C=O) groups is 1. The minimum absolute atomic E-state index is 0.00325. The van der Waals surface area contributed by atoms with Crippen LogP contribution in [0.4, 0.5) is 0 Å². The molecule has 4 heteroatoms. The Bertz CT molecular complexity index is 720. The van der Waals surface area contributed by atoms with Crippen molar-refractivity contribution in [3.8, 4) is 0 Å². The predicted molar refractivity (Wildman–Crippen MR) is 95.8 cm³/mol. The number of amides is 1. The maximum Gasteiger partial charge on any atom is 0.225 e. The molecular weight excluding hydrogens is 298 g/mol. The number of carbonyl (C=O) groups excluding carboxylic acids is 1. The first-order valence-corrected chi connectivity index (χ1v) is 9.06. The molecule has 24 heavy (non-hydrogen) atoms. The summed E-state index contributed by atoms with van der Waals surface area (Å²) in [6.45, 7) is 8.78. The average Bonchev–Trinajstić information content (AvgIpc) is 2.54. The molecule has 1 aromatic rings. The zero-order valence-corrected chi connectivity index (χ0v) is 15.2. The highest BCUT2D eigenvalue weighted by atomic mass is 16.2. The molecule has 0 N–H and O–H groups in total. The summed E-state index contributed by atoms with van der Waals surface area (Å²) in [4.78, 5) is 15.3. The first-order chi connectivity index (χ1) is 11.3. The first kappa shape index (κ1) is 17.0. The summed E-state index contributed by atoms with van der Waals surface area (Å²) in [6, 6.07) is 6.90. The lowest BCUT2D eigenvalue weighted by atomic mass is 9.49. The van der Waals surface area contributed by atoms with Crippen LogP contribution < -0.4 is 0 Å². The summed E-state index contributed by atoms with van der Waals surface area (Å²) >= 11 is 0. The maximum atomic E-state index is 12.6. The van der Waals surface area contributed by atoms with Crippen molar-refractivity contribution in [1.29, 1.82) is 0 Å². The van der Waals surface area contributed by atoms with E-state index in [0.29, 0.717) is 5.92 Å². The second-order valence-electron chi connectivity index (χ2n) is 8.35. The van der Waals surface area contributed by atoms with Gasteiger partial charge in [-0.2, -0.15) is 0 Å². The molecule has 2 aliphatic carbocycles. The molecule has 0 aliphatic heterocycles. The Morgan fingerprint density at radius 2 is 2.08 bits per heavy atom. The normalized spacial score (nSPS) is 31.8. The fourth-order valence-electron chi connectivity index (χ4n) is 5.28. The minimum Gasteiger partial charge on any atom is -0.292 e. The van der Waals surface area contributed by atoms with Gasteiger partial charge in [-0.25, -0.2) is 0 Å². The lowest BCUT2D eigenvalue weighted by Crippen LogP contribution is -2.52. The van der Waals surface area contributed by atoms with E-state index in [0.717, 1.165) is 32.1 Å². The SMILES string of the molecule is CC(C)c1ccc2c(c1)CC[C@H]1[C@@](C)(C(=O)N=[N+]=[N-])CCC[C@]21C. The Balaban J connectivity index is 2.06. The van der Waals surface area contributed by atoms with Gasteiger partial charge >= 0.3 is 0 Å². The van der Waals surface area contributed by atoms with Crippen LogP contribution in [0.25, 0.3) is 10.4 Å². The van der Waals surface area contributed by atoms with Crippen LogP contribution in [0.1, 0.15) is 76.0 Å². The standard InChI is InChI=1S/C20H27N3O/c1-13(2)14-6-8-16-15(12-14)7-9-17-19(16,3)10-5-11-20(17,4)18(24)22-23-21/h6,8,12-13,17H,5,7,9-11H2,1-4H3/t17-,19-,20+/m1/s1. The predicted octanol–water partition coefficient (Wildman–Crippen LogP) is 5.66. The summed E-state index contributed by atoms with van der Waals surface area (Å²) in [5.74, 6) is 0.501. The third-order valence-electron chi connectivity index (χ3n) is 6.67. The van der Waals surface area contributed by atoms with Gasteiger partial charge < -0.3 is 0 Å². The van der Waals surface area contributed by atoms with Crippen LogP contribution in [0.3, 0.4) is 0 Å². The number of fused-ring (bicyclic) bond motifs is 3. The van der Waals surface area contributed by atoms with Crippen LogP contribution in [0.15, 0.2) is 23.3 Å². The second kappa shape index (κ2) is 5.93. The molecule has 1 saturated carbocycles. The monoisotopic (exact) mass is 325 g/mol. The van der Waals surface area contributed by atoms with Gasteiger partial charge in [0.25, 0.3) is 0 Å². The van der Waals surface area contributed by atoms with Crippen LogP contribution in [-0.4, -0.2) is 5.91 Å². The lowest BCUT2D eigenvalue weighted by Gasteiger charge is -2.54. The summed E-state index contributed by atoms with van der Waals surface area (Å²) in [7, 11) is 0. The fourth-order valence-corrected chi connectivity index (χ4v) is 5.28.